The van der Waals surface area contributed by atoms with Crippen LogP contribution in [0.2, 0.25) is 0 Å². The first-order chi connectivity index (χ1) is 14.1. The molecule has 0 fully saturated rings. The van der Waals surface area contributed by atoms with E-state index >= 15 is 0 Å². The first-order valence-electron chi connectivity index (χ1n) is 8.73. The summed E-state index contributed by atoms with van der Waals surface area (Å²) in [6.45, 7) is 0. The van der Waals surface area contributed by atoms with Gasteiger partial charge in [-0.05, 0) is 64.5 Å². The first kappa shape index (κ1) is 19.0. The van der Waals surface area contributed by atoms with E-state index in [1.54, 1.807) is 31.5 Å². The summed E-state index contributed by atoms with van der Waals surface area (Å²) in [5, 5.41) is 10.2. The quantitative estimate of drug-likeness (QED) is 0.391. The van der Waals surface area contributed by atoms with Crippen molar-refractivity contribution in [3.63, 3.8) is 0 Å². The maximum absolute atomic E-state index is 10.2. The highest BCUT2D eigenvalue weighted by atomic mass is 79.9. The molecule has 7 heteroatoms. The van der Waals surface area contributed by atoms with Crippen molar-refractivity contribution in [3.05, 3.63) is 64.6 Å². The van der Waals surface area contributed by atoms with Gasteiger partial charge in [0, 0.05) is 17.3 Å². The lowest BCUT2D eigenvalue weighted by molar-refractivity contribution is 0.373. The molecule has 146 valence electrons. The number of hydrogen-bond donors (Lipinski definition) is 1. The van der Waals surface area contributed by atoms with E-state index in [1.165, 1.54) is 7.11 Å². The van der Waals surface area contributed by atoms with Crippen LogP contribution in [0.1, 0.15) is 5.56 Å². The van der Waals surface area contributed by atoms with E-state index in [0.717, 1.165) is 15.8 Å². The molecule has 3 aromatic carbocycles. The molecule has 1 aromatic heterocycles. The highest BCUT2D eigenvalue weighted by molar-refractivity contribution is 9.10. The van der Waals surface area contributed by atoms with Gasteiger partial charge in [0.2, 0.25) is 5.89 Å². The number of rotatable bonds is 5. The minimum atomic E-state index is 0.0497. The van der Waals surface area contributed by atoms with Crippen LogP contribution >= 0.6 is 15.9 Å². The minimum Gasteiger partial charge on any atom is -0.504 e. The fraction of sp³-hybridized carbons (Fsp3) is 0.0909. The fourth-order valence-corrected chi connectivity index (χ4v) is 3.41. The van der Waals surface area contributed by atoms with Gasteiger partial charge in [-0.15, -0.1) is 0 Å². The van der Waals surface area contributed by atoms with Gasteiger partial charge in [0.25, 0.3) is 0 Å². The van der Waals surface area contributed by atoms with Crippen LogP contribution in [-0.4, -0.2) is 30.5 Å². The highest BCUT2D eigenvalue weighted by Gasteiger charge is 2.11. The number of aromatic hydroxyl groups is 1. The van der Waals surface area contributed by atoms with Gasteiger partial charge in [0.15, 0.2) is 17.1 Å². The summed E-state index contributed by atoms with van der Waals surface area (Å²) in [5.41, 5.74) is 3.44. The molecule has 0 spiro atoms. The van der Waals surface area contributed by atoms with Crippen LogP contribution < -0.4 is 9.47 Å². The molecular formula is C22H17BrN2O4. The third-order valence-corrected chi connectivity index (χ3v) is 4.99. The van der Waals surface area contributed by atoms with Crippen molar-refractivity contribution in [2.45, 2.75) is 0 Å². The van der Waals surface area contributed by atoms with Gasteiger partial charge >= 0.3 is 0 Å². The number of phenolic OH excluding ortho intramolecular Hbond substituents is 1. The Balaban J connectivity index is 1.64. The van der Waals surface area contributed by atoms with Gasteiger partial charge in [0.05, 0.1) is 24.4 Å². The largest absolute Gasteiger partial charge is 0.504 e. The van der Waals surface area contributed by atoms with Crippen molar-refractivity contribution in [1.29, 1.82) is 0 Å². The van der Waals surface area contributed by atoms with Crippen molar-refractivity contribution in [2.24, 2.45) is 4.99 Å². The zero-order valence-electron chi connectivity index (χ0n) is 15.7. The van der Waals surface area contributed by atoms with Crippen molar-refractivity contribution in [1.82, 2.24) is 4.98 Å². The van der Waals surface area contributed by atoms with Gasteiger partial charge in [-0.2, -0.15) is 0 Å². The maximum Gasteiger partial charge on any atom is 0.227 e. The number of benzene rings is 3. The van der Waals surface area contributed by atoms with Crippen LogP contribution in [0.5, 0.6) is 17.2 Å². The zero-order valence-corrected chi connectivity index (χ0v) is 17.3. The molecule has 6 nitrogen and oxygen atoms in total. The van der Waals surface area contributed by atoms with Gasteiger partial charge in [-0.3, -0.25) is 4.99 Å². The van der Waals surface area contributed by atoms with Gasteiger partial charge in [-0.25, -0.2) is 4.98 Å². The van der Waals surface area contributed by atoms with Crippen molar-refractivity contribution >= 4 is 38.9 Å². The standard InChI is InChI=1S/C22H17BrN2O4/c1-27-18-8-6-13(10-16(18)23)22-25-17-11-15(7-9-19(17)29-22)24-12-14-4-3-5-20(28-2)21(14)26/h3-12,26H,1-2H3. The Kier molecular flexibility index (Phi) is 5.22. The molecule has 4 rings (SSSR count). The number of aliphatic imine (C=N–C) groups is 1. The summed E-state index contributed by atoms with van der Waals surface area (Å²) >= 11 is 3.48. The minimum absolute atomic E-state index is 0.0497. The molecule has 0 amide bonds. The summed E-state index contributed by atoms with van der Waals surface area (Å²) in [4.78, 5) is 9.00. The Hall–Kier alpha value is -3.32. The average Bonchev–Trinajstić information content (AvgIpc) is 3.16. The second kappa shape index (κ2) is 7.97. The van der Waals surface area contributed by atoms with E-state index in [4.69, 9.17) is 13.9 Å². The number of ether oxygens (including phenoxy) is 2. The number of phenols is 1. The number of methoxy groups -OCH3 is 2. The Bertz CT molecular complexity index is 1220. The van der Waals surface area contributed by atoms with E-state index in [-0.39, 0.29) is 5.75 Å². The Morgan fingerprint density at radius 1 is 1.03 bits per heavy atom. The number of aromatic nitrogens is 1. The van der Waals surface area contributed by atoms with Crippen LogP contribution in [0.3, 0.4) is 0 Å². The Morgan fingerprint density at radius 3 is 2.62 bits per heavy atom. The zero-order chi connectivity index (χ0) is 20.4. The van der Waals surface area contributed by atoms with Gasteiger partial charge < -0.3 is 19.0 Å². The van der Waals surface area contributed by atoms with Crippen LogP contribution in [0.15, 0.2) is 68.5 Å². The summed E-state index contributed by atoms with van der Waals surface area (Å²) in [7, 11) is 3.12. The van der Waals surface area contributed by atoms with Gasteiger partial charge in [-0.1, -0.05) is 6.07 Å². The summed E-state index contributed by atoms with van der Waals surface area (Å²) in [6.07, 6.45) is 1.58. The Labute approximate surface area is 175 Å². The van der Waals surface area contributed by atoms with E-state index in [2.05, 4.69) is 25.9 Å². The third kappa shape index (κ3) is 3.82. The molecule has 0 radical (unpaired) electrons. The highest BCUT2D eigenvalue weighted by Crippen LogP contribution is 2.33. The number of oxazole rings is 1. The van der Waals surface area contributed by atoms with Crippen LogP contribution in [0.25, 0.3) is 22.6 Å². The molecule has 0 unspecified atom stereocenters. The predicted octanol–water partition coefficient (Wildman–Crippen LogP) is 5.73. The number of nitrogens with zero attached hydrogens (tertiary/aromatic N) is 2. The van der Waals surface area contributed by atoms with Crippen LogP contribution in [0, 0.1) is 0 Å². The molecule has 4 aromatic rings. The predicted molar refractivity (Wildman–Crippen MR) is 116 cm³/mol. The summed E-state index contributed by atoms with van der Waals surface area (Å²) < 4.78 is 17.1. The van der Waals surface area contributed by atoms with E-state index < -0.39 is 0 Å². The molecule has 0 saturated carbocycles. The molecule has 0 aliphatic carbocycles. The molecular weight excluding hydrogens is 436 g/mol. The molecule has 0 bridgehead atoms. The second-order valence-electron chi connectivity index (χ2n) is 6.18. The van der Waals surface area contributed by atoms with Crippen molar-refractivity contribution in [2.75, 3.05) is 14.2 Å². The lowest BCUT2D eigenvalue weighted by Crippen LogP contribution is -1.88. The lowest BCUT2D eigenvalue weighted by Gasteiger charge is -2.04. The van der Waals surface area contributed by atoms with Crippen molar-refractivity contribution in [3.8, 4) is 28.7 Å². The van der Waals surface area contributed by atoms with Gasteiger partial charge in [0.1, 0.15) is 11.3 Å². The third-order valence-electron chi connectivity index (χ3n) is 4.37. The van der Waals surface area contributed by atoms with E-state index in [0.29, 0.717) is 34.0 Å². The topological polar surface area (TPSA) is 77.1 Å². The molecule has 0 aliphatic rings. The maximum atomic E-state index is 10.2. The fourth-order valence-electron chi connectivity index (χ4n) is 2.87. The monoisotopic (exact) mass is 452 g/mol. The smallest absolute Gasteiger partial charge is 0.227 e. The lowest BCUT2D eigenvalue weighted by atomic mass is 10.2. The normalized spacial score (nSPS) is 11.3. The van der Waals surface area contributed by atoms with E-state index in [9.17, 15) is 5.11 Å². The number of hydrogen-bond acceptors (Lipinski definition) is 6. The van der Waals surface area contributed by atoms with E-state index in [1.807, 2.05) is 36.4 Å². The summed E-state index contributed by atoms with van der Waals surface area (Å²) in [6, 6.07) is 16.4. The number of para-hydroxylation sites is 1. The molecule has 0 saturated heterocycles. The Morgan fingerprint density at radius 2 is 1.86 bits per heavy atom. The second-order valence-corrected chi connectivity index (χ2v) is 7.03. The molecule has 0 aliphatic heterocycles. The number of fused-ring (bicyclic) bond motifs is 1. The first-order valence-corrected chi connectivity index (χ1v) is 9.53. The van der Waals surface area contributed by atoms with Crippen molar-refractivity contribution < 1.29 is 19.0 Å². The SMILES string of the molecule is COc1ccc(-c2nc3cc(N=Cc4cccc(OC)c4O)ccc3o2)cc1Br. The molecule has 29 heavy (non-hydrogen) atoms. The number of halogens is 1. The van der Waals surface area contributed by atoms with Crippen LogP contribution in [-0.2, 0) is 0 Å². The molecule has 0 atom stereocenters. The average molecular weight is 453 g/mol. The molecule has 1 N–H and O–H groups in total. The summed E-state index contributed by atoms with van der Waals surface area (Å²) in [5.74, 6) is 1.70. The van der Waals surface area contributed by atoms with Crippen LogP contribution in [0.4, 0.5) is 5.69 Å². The molecule has 1 heterocycles.